The summed E-state index contributed by atoms with van der Waals surface area (Å²) >= 11 is 6.30. The molecule has 0 aliphatic heterocycles. The number of benzene rings is 3. The van der Waals surface area contributed by atoms with E-state index >= 15 is 0 Å². The lowest BCUT2D eigenvalue weighted by atomic mass is 10.0. The molecule has 0 atom stereocenters. The number of aromatic amines is 1. The van der Waals surface area contributed by atoms with E-state index in [9.17, 15) is 9.59 Å². The summed E-state index contributed by atoms with van der Waals surface area (Å²) in [5, 5.41) is 10.4. The molecule has 8 nitrogen and oxygen atoms in total. The van der Waals surface area contributed by atoms with Crippen LogP contribution in [0.1, 0.15) is 10.4 Å². The summed E-state index contributed by atoms with van der Waals surface area (Å²) in [6, 6.07) is 22.2. The third-order valence-corrected chi connectivity index (χ3v) is 5.25. The van der Waals surface area contributed by atoms with Gasteiger partial charge in [0, 0.05) is 11.1 Å². The van der Waals surface area contributed by atoms with Crippen LogP contribution in [0, 0.1) is 0 Å². The van der Waals surface area contributed by atoms with E-state index in [1.54, 1.807) is 0 Å². The summed E-state index contributed by atoms with van der Waals surface area (Å²) < 4.78 is 10.6. The predicted molar refractivity (Wildman–Crippen MR) is 130 cm³/mol. The lowest BCUT2D eigenvalue weighted by Crippen LogP contribution is -2.20. The van der Waals surface area contributed by atoms with Crippen LogP contribution in [0.5, 0.6) is 11.5 Å². The normalized spacial score (nSPS) is 10.5. The maximum Gasteiger partial charge on any atom is 0.257 e. The van der Waals surface area contributed by atoms with Gasteiger partial charge >= 0.3 is 0 Å². The number of hydrogen-bond donors (Lipinski definition) is 3. The number of anilines is 1. The zero-order valence-electron chi connectivity index (χ0n) is 18.2. The van der Waals surface area contributed by atoms with Crippen LogP contribution in [0.3, 0.4) is 0 Å². The van der Waals surface area contributed by atoms with Crippen LogP contribution in [0.25, 0.3) is 22.4 Å². The molecule has 0 saturated heterocycles. The molecule has 0 aliphatic rings. The molecule has 1 aromatic heterocycles. The first-order valence-electron chi connectivity index (χ1n) is 10.3. The smallest absolute Gasteiger partial charge is 0.257 e. The van der Waals surface area contributed by atoms with Crippen LogP contribution in [0.4, 0.5) is 5.82 Å². The van der Waals surface area contributed by atoms with E-state index in [1.165, 1.54) is 19.2 Å². The van der Waals surface area contributed by atoms with E-state index in [0.717, 1.165) is 22.4 Å². The largest absolute Gasteiger partial charge is 0.493 e. The number of carbonyl (C=O) groups excluding carboxylic acids is 2. The maximum absolute atomic E-state index is 13.1. The Bertz CT molecular complexity index is 1320. The fourth-order valence-electron chi connectivity index (χ4n) is 3.45. The second-order valence-electron chi connectivity index (χ2n) is 7.25. The molecule has 4 aromatic rings. The van der Waals surface area contributed by atoms with Crippen molar-refractivity contribution >= 4 is 29.2 Å². The second-order valence-corrected chi connectivity index (χ2v) is 7.66. The highest BCUT2D eigenvalue weighted by Gasteiger charge is 2.21. The average Bonchev–Trinajstić information content (AvgIpc) is 3.27. The Balaban J connectivity index is 1.69. The number of rotatable bonds is 8. The van der Waals surface area contributed by atoms with E-state index < -0.39 is 11.8 Å². The van der Waals surface area contributed by atoms with E-state index in [1.807, 2.05) is 60.7 Å². The monoisotopic (exact) mass is 476 g/mol. The van der Waals surface area contributed by atoms with Crippen molar-refractivity contribution in [1.82, 2.24) is 10.2 Å². The number of nitrogens with one attached hydrogen (secondary N) is 2. The topological polar surface area (TPSA) is 119 Å². The molecule has 34 heavy (non-hydrogen) atoms. The van der Waals surface area contributed by atoms with Gasteiger partial charge in [-0.25, -0.2) is 0 Å². The molecule has 0 spiro atoms. The molecule has 0 fully saturated rings. The van der Waals surface area contributed by atoms with Crippen molar-refractivity contribution in [3.8, 4) is 33.9 Å². The quantitative estimate of drug-likeness (QED) is 0.345. The first kappa shape index (κ1) is 22.9. The Kier molecular flexibility index (Phi) is 6.79. The van der Waals surface area contributed by atoms with Gasteiger partial charge in [0.1, 0.15) is 0 Å². The molecule has 0 bridgehead atoms. The minimum Gasteiger partial charge on any atom is -0.493 e. The Labute approximate surface area is 200 Å². The highest BCUT2D eigenvalue weighted by Crippen LogP contribution is 2.38. The first-order valence-corrected chi connectivity index (χ1v) is 10.6. The Hall–Kier alpha value is -4.30. The van der Waals surface area contributed by atoms with Crippen molar-refractivity contribution < 1.29 is 19.1 Å². The van der Waals surface area contributed by atoms with E-state index in [0.29, 0.717) is 5.82 Å². The standard InChI is InChI=1S/C25H21ClN4O4/c1-33-19-13-17(12-18(26)23(19)34-14-20(27)31)25(32)28-24-21(15-8-4-2-5-9-15)22(29-30-24)16-10-6-3-7-11-16/h2-13H,14H2,1H3,(H2,27,31)(H2,28,29,30,32). The van der Waals surface area contributed by atoms with Crippen LogP contribution in [0.15, 0.2) is 72.8 Å². The molecular formula is C25H21ClN4O4. The number of H-pyrrole nitrogens is 1. The zero-order chi connectivity index (χ0) is 24.1. The fraction of sp³-hybridized carbons (Fsp3) is 0.0800. The van der Waals surface area contributed by atoms with Crippen molar-refractivity contribution in [3.63, 3.8) is 0 Å². The van der Waals surface area contributed by atoms with Crippen molar-refractivity contribution in [2.75, 3.05) is 19.0 Å². The molecule has 172 valence electrons. The van der Waals surface area contributed by atoms with Gasteiger partial charge in [-0.05, 0) is 17.7 Å². The molecule has 0 unspecified atom stereocenters. The number of amides is 2. The van der Waals surface area contributed by atoms with Crippen LogP contribution in [-0.2, 0) is 4.79 Å². The van der Waals surface area contributed by atoms with Crippen molar-refractivity contribution in [1.29, 1.82) is 0 Å². The molecule has 2 amide bonds. The van der Waals surface area contributed by atoms with Crippen molar-refractivity contribution in [3.05, 3.63) is 83.4 Å². The summed E-state index contributed by atoms with van der Waals surface area (Å²) in [5.41, 5.74) is 8.68. The van der Waals surface area contributed by atoms with Gasteiger partial charge in [0.2, 0.25) is 0 Å². The molecule has 9 heteroatoms. The highest BCUT2D eigenvalue weighted by atomic mass is 35.5. The number of hydrogen-bond acceptors (Lipinski definition) is 5. The summed E-state index contributed by atoms with van der Waals surface area (Å²) in [7, 11) is 1.40. The number of halogens is 1. The van der Waals surface area contributed by atoms with Gasteiger partial charge in [-0.15, -0.1) is 0 Å². The summed E-state index contributed by atoms with van der Waals surface area (Å²) in [5.74, 6) is -0.449. The van der Waals surface area contributed by atoms with Crippen molar-refractivity contribution in [2.24, 2.45) is 5.73 Å². The van der Waals surface area contributed by atoms with E-state index in [-0.39, 0.29) is 28.7 Å². The molecule has 1 heterocycles. The van der Waals surface area contributed by atoms with Crippen molar-refractivity contribution in [2.45, 2.75) is 0 Å². The van der Waals surface area contributed by atoms with Crippen LogP contribution in [0.2, 0.25) is 5.02 Å². The first-order chi connectivity index (χ1) is 16.5. The molecule has 0 radical (unpaired) electrons. The minimum absolute atomic E-state index is 0.0982. The summed E-state index contributed by atoms with van der Waals surface area (Å²) in [4.78, 5) is 24.2. The zero-order valence-corrected chi connectivity index (χ0v) is 18.9. The number of nitrogens with two attached hydrogens (primary N) is 1. The molecule has 3 aromatic carbocycles. The molecule has 0 aliphatic carbocycles. The maximum atomic E-state index is 13.1. The lowest BCUT2D eigenvalue weighted by molar-refractivity contribution is -0.119. The van der Waals surface area contributed by atoms with Gasteiger partial charge in [0.25, 0.3) is 11.8 Å². The lowest BCUT2D eigenvalue weighted by Gasteiger charge is -2.13. The number of aromatic nitrogens is 2. The number of nitrogens with zero attached hydrogens (tertiary/aromatic N) is 1. The van der Waals surface area contributed by atoms with Gasteiger partial charge in [0.15, 0.2) is 23.9 Å². The third-order valence-electron chi connectivity index (χ3n) is 4.97. The Morgan fingerprint density at radius 2 is 1.68 bits per heavy atom. The second kappa shape index (κ2) is 10.1. The highest BCUT2D eigenvalue weighted by molar-refractivity contribution is 6.32. The minimum atomic E-state index is -0.666. The Morgan fingerprint density at radius 3 is 2.29 bits per heavy atom. The van der Waals surface area contributed by atoms with Crippen LogP contribution >= 0.6 is 11.6 Å². The SMILES string of the molecule is COc1cc(C(=O)Nc2n[nH]c(-c3ccccc3)c2-c2ccccc2)cc(Cl)c1OCC(N)=O. The predicted octanol–water partition coefficient (Wildman–Crippen LogP) is 4.52. The number of methoxy groups -OCH3 is 1. The van der Waals surface area contributed by atoms with Crippen LogP contribution < -0.4 is 20.5 Å². The molecule has 4 N–H and O–H groups in total. The third kappa shape index (κ3) is 4.87. The number of carbonyl (C=O) groups is 2. The van der Waals surface area contributed by atoms with Gasteiger partial charge < -0.3 is 20.5 Å². The number of primary amides is 1. The Morgan fingerprint density at radius 1 is 1.03 bits per heavy atom. The van der Waals surface area contributed by atoms with Gasteiger partial charge in [-0.2, -0.15) is 5.10 Å². The summed E-state index contributed by atoms with van der Waals surface area (Å²) in [6.07, 6.45) is 0. The van der Waals surface area contributed by atoms with E-state index in [4.69, 9.17) is 26.8 Å². The van der Waals surface area contributed by atoms with Gasteiger partial charge in [-0.1, -0.05) is 72.3 Å². The number of ether oxygens (including phenoxy) is 2. The van der Waals surface area contributed by atoms with Crippen LogP contribution in [-0.4, -0.2) is 35.7 Å². The fourth-order valence-corrected chi connectivity index (χ4v) is 3.71. The molecule has 0 saturated carbocycles. The van der Waals surface area contributed by atoms with E-state index in [2.05, 4.69) is 15.5 Å². The van der Waals surface area contributed by atoms with Gasteiger partial charge in [0.05, 0.1) is 23.4 Å². The van der Waals surface area contributed by atoms with Gasteiger partial charge in [-0.3, -0.25) is 14.7 Å². The molecule has 4 rings (SSSR count). The molecular weight excluding hydrogens is 456 g/mol. The summed E-state index contributed by atoms with van der Waals surface area (Å²) in [6.45, 7) is -0.377. The average molecular weight is 477 g/mol.